The van der Waals surface area contributed by atoms with Crippen LogP contribution in [-0.2, 0) is 0 Å². The third kappa shape index (κ3) is 4.33. The average molecular weight is 435 g/mol. The lowest BCUT2D eigenvalue weighted by molar-refractivity contribution is 0.321. The molecular weight excluding hydrogens is 411 g/mol. The van der Waals surface area contributed by atoms with Crippen molar-refractivity contribution in [3.05, 3.63) is 82.8 Å². The van der Waals surface area contributed by atoms with Gasteiger partial charge in [-0.3, -0.25) is 14.3 Å². The highest BCUT2D eigenvalue weighted by Crippen LogP contribution is 2.32. The van der Waals surface area contributed by atoms with Crippen molar-refractivity contribution >= 4 is 27.1 Å². The molecule has 0 radical (unpaired) electrons. The Hall–Kier alpha value is -3.16. The molecule has 0 spiro atoms. The van der Waals surface area contributed by atoms with Gasteiger partial charge >= 0.3 is 0 Å². The Morgan fingerprint density at radius 3 is 2.58 bits per heavy atom. The quantitative estimate of drug-likeness (QED) is 0.436. The van der Waals surface area contributed by atoms with E-state index in [9.17, 15) is 9.18 Å². The predicted molar refractivity (Wildman–Crippen MR) is 125 cm³/mol. The highest BCUT2D eigenvalue weighted by atomic mass is 32.1. The summed E-state index contributed by atoms with van der Waals surface area (Å²) in [6, 6.07) is 14.0. The van der Waals surface area contributed by atoms with E-state index in [1.807, 2.05) is 32.3 Å². The summed E-state index contributed by atoms with van der Waals surface area (Å²) >= 11 is 1.39. The minimum atomic E-state index is -0.285. The number of fused-ring (bicyclic) bond motifs is 1. The van der Waals surface area contributed by atoms with Gasteiger partial charge in [0, 0.05) is 28.9 Å². The summed E-state index contributed by atoms with van der Waals surface area (Å²) in [5.41, 5.74) is 2.49. The minimum Gasteiger partial charge on any atom is -0.306 e. The zero-order chi connectivity index (χ0) is 22.1. The highest BCUT2D eigenvalue weighted by Gasteiger charge is 2.13. The lowest BCUT2D eigenvalue weighted by atomic mass is 10.1. The van der Waals surface area contributed by atoms with Gasteiger partial charge in [0.2, 0.25) is 0 Å². The summed E-state index contributed by atoms with van der Waals surface area (Å²) < 4.78 is 15.4. The van der Waals surface area contributed by atoms with E-state index < -0.39 is 0 Å². The van der Waals surface area contributed by atoms with Gasteiger partial charge in [0.15, 0.2) is 0 Å². The molecule has 3 heterocycles. The molecule has 0 aliphatic rings. The van der Waals surface area contributed by atoms with Crippen molar-refractivity contribution in [2.75, 3.05) is 14.1 Å². The van der Waals surface area contributed by atoms with Gasteiger partial charge in [0.25, 0.3) is 5.56 Å². The zero-order valence-electron chi connectivity index (χ0n) is 17.6. The number of pyridine rings is 2. The van der Waals surface area contributed by atoms with Gasteiger partial charge < -0.3 is 10.3 Å². The number of thiophene rings is 1. The number of aromatic nitrogens is 2. The molecule has 158 valence electrons. The number of nitrogens with one attached hydrogen (secondary N) is 1. The molecule has 0 saturated carbocycles. The van der Waals surface area contributed by atoms with Crippen LogP contribution in [0.25, 0.3) is 26.2 Å². The molecule has 0 fully saturated rings. The van der Waals surface area contributed by atoms with E-state index in [0.717, 1.165) is 15.8 Å². The number of hydrogen-bond acceptors (Lipinski definition) is 5. The highest BCUT2D eigenvalue weighted by molar-refractivity contribution is 7.22. The van der Waals surface area contributed by atoms with Crippen LogP contribution >= 0.6 is 11.3 Å². The van der Waals surface area contributed by atoms with E-state index in [0.29, 0.717) is 28.2 Å². The summed E-state index contributed by atoms with van der Waals surface area (Å²) in [6.07, 6.45) is 3.97. The molecule has 0 aliphatic carbocycles. The molecule has 4 aromatic rings. The van der Waals surface area contributed by atoms with Crippen molar-refractivity contribution in [3.8, 4) is 16.1 Å². The first-order valence-electron chi connectivity index (χ1n) is 9.95. The Morgan fingerprint density at radius 2 is 1.94 bits per heavy atom. The summed E-state index contributed by atoms with van der Waals surface area (Å²) in [4.78, 5) is 20.5. The van der Waals surface area contributed by atoms with Crippen molar-refractivity contribution in [3.63, 3.8) is 0 Å². The van der Waals surface area contributed by atoms with Gasteiger partial charge in [-0.1, -0.05) is 12.1 Å². The molecule has 0 amide bonds. The van der Waals surface area contributed by atoms with Gasteiger partial charge in [-0.05, 0) is 63.0 Å². The SMILES string of the molecule is C[C@H](CC(=N)c1ccc(-n2ccc3cc(-c4ccc(F)cc4)sc3c2=O)cn1)N(C)C. The fourth-order valence-corrected chi connectivity index (χ4v) is 4.37. The molecule has 0 bridgehead atoms. The maximum Gasteiger partial charge on any atom is 0.273 e. The van der Waals surface area contributed by atoms with E-state index in [-0.39, 0.29) is 17.4 Å². The van der Waals surface area contributed by atoms with Crippen LogP contribution in [0, 0.1) is 11.2 Å². The van der Waals surface area contributed by atoms with E-state index in [1.165, 1.54) is 23.5 Å². The number of benzene rings is 1. The molecule has 7 heteroatoms. The molecule has 1 N–H and O–H groups in total. The van der Waals surface area contributed by atoms with E-state index in [2.05, 4.69) is 16.8 Å². The Balaban J connectivity index is 1.64. The fourth-order valence-electron chi connectivity index (χ4n) is 3.28. The Labute approximate surface area is 183 Å². The first kappa shape index (κ1) is 21.1. The normalized spacial score (nSPS) is 12.4. The van der Waals surface area contributed by atoms with Crippen LogP contribution < -0.4 is 5.56 Å². The Kier molecular flexibility index (Phi) is 5.80. The van der Waals surface area contributed by atoms with Crippen LogP contribution in [0.5, 0.6) is 0 Å². The molecule has 0 saturated heterocycles. The van der Waals surface area contributed by atoms with Crippen molar-refractivity contribution < 1.29 is 4.39 Å². The third-order valence-corrected chi connectivity index (χ3v) is 6.61. The Bertz CT molecular complexity index is 1290. The minimum absolute atomic E-state index is 0.123. The van der Waals surface area contributed by atoms with Gasteiger partial charge in [0.05, 0.1) is 23.3 Å². The smallest absolute Gasteiger partial charge is 0.273 e. The van der Waals surface area contributed by atoms with Gasteiger partial charge in [0.1, 0.15) is 10.5 Å². The van der Waals surface area contributed by atoms with Crippen LogP contribution in [-0.4, -0.2) is 40.3 Å². The average Bonchev–Trinajstić information content (AvgIpc) is 3.20. The maximum atomic E-state index is 13.2. The third-order valence-electron chi connectivity index (χ3n) is 5.42. The molecule has 3 aromatic heterocycles. The van der Waals surface area contributed by atoms with Crippen molar-refractivity contribution in [1.29, 1.82) is 5.41 Å². The predicted octanol–water partition coefficient (Wildman–Crippen LogP) is 4.96. The summed E-state index contributed by atoms with van der Waals surface area (Å²) in [6.45, 7) is 2.07. The molecular formula is C24H23FN4OS. The number of halogens is 1. The van der Waals surface area contributed by atoms with Crippen LogP contribution in [0.4, 0.5) is 4.39 Å². The van der Waals surface area contributed by atoms with Crippen LogP contribution in [0.1, 0.15) is 19.0 Å². The second kappa shape index (κ2) is 8.53. The lowest BCUT2D eigenvalue weighted by Gasteiger charge is -2.19. The van der Waals surface area contributed by atoms with Crippen LogP contribution in [0.2, 0.25) is 0 Å². The lowest BCUT2D eigenvalue weighted by Crippen LogP contribution is -2.27. The van der Waals surface area contributed by atoms with E-state index in [4.69, 9.17) is 5.41 Å². The molecule has 0 unspecified atom stereocenters. The molecule has 4 rings (SSSR count). The summed E-state index contributed by atoms with van der Waals surface area (Å²) in [5.74, 6) is -0.285. The molecule has 5 nitrogen and oxygen atoms in total. The van der Waals surface area contributed by atoms with Gasteiger partial charge in [-0.2, -0.15) is 0 Å². The van der Waals surface area contributed by atoms with Gasteiger partial charge in [-0.25, -0.2) is 4.39 Å². The Morgan fingerprint density at radius 1 is 1.19 bits per heavy atom. The first-order chi connectivity index (χ1) is 14.8. The number of hydrogen-bond donors (Lipinski definition) is 1. The molecule has 1 atom stereocenters. The summed E-state index contributed by atoms with van der Waals surface area (Å²) in [5, 5.41) is 9.15. The van der Waals surface area contributed by atoms with Crippen LogP contribution in [0.15, 0.2) is 65.7 Å². The molecule has 0 aliphatic heterocycles. The van der Waals surface area contributed by atoms with Crippen LogP contribution in [0.3, 0.4) is 0 Å². The first-order valence-corrected chi connectivity index (χ1v) is 10.8. The van der Waals surface area contributed by atoms with Crippen molar-refractivity contribution in [1.82, 2.24) is 14.5 Å². The maximum absolute atomic E-state index is 13.2. The molecule has 1 aromatic carbocycles. The molecule has 31 heavy (non-hydrogen) atoms. The standard InChI is InChI=1S/C24H23FN4OS/c1-15(28(2)3)12-20(26)21-9-8-19(14-27-21)29-11-10-17-13-22(31-23(17)24(29)30)16-4-6-18(25)7-5-16/h4-11,13-15,26H,12H2,1-3H3/t15-/m1/s1. The van der Waals surface area contributed by atoms with Gasteiger partial charge in [-0.15, -0.1) is 11.3 Å². The number of rotatable bonds is 6. The van der Waals surface area contributed by atoms with Crippen molar-refractivity contribution in [2.45, 2.75) is 19.4 Å². The van der Waals surface area contributed by atoms with Crippen molar-refractivity contribution in [2.24, 2.45) is 0 Å². The summed E-state index contributed by atoms with van der Waals surface area (Å²) in [7, 11) is 3.98. The second-order valence-corrected chi connectivity index (χ2v) is 8.84. The largest absolute Gasteiger partial charge is 0.306 e. The van der Waals surface area contributed by atoms with E-state index >= 15 is 0 Å². The van der Waals surface area contributed by atoms with E-state index in [1.54, 1.807) is 35.2 Å². The second-order valence-electron chi connectivity index (χ2n) is 7.79. The number of nitrogens with zero attached hydrogens (tertiary/aromatic N) is 3. The zero-order valence-corrected chi connectivity index (χ0v) is 18.4. The fraction of sp³-hybridized carbons (Fsp3) is 0.208. The monoisotopic (exact) mass is 434 g/mol. The topological polar surface area (TPSA) is 62.0 Å².